The molecule has 1 N–H and O–H groups in total. The molecule has 1 aromatic rings. The van der Waals surface area contributed by atoms with Crippen molar-refractivity contribution in [1.82, 2.24) is 0 Å². The van der Waals surface area contributed by atoms with E-state index in [0.29, 0.717) is 5.75 Å². The Morgan fingerprint density at radius 2 is 1.93 bits per heavy atom. The van der Waals surface area contributed by atoms with E-state index in [0.717, 1.165) is 35.0 Å². The molecule has 0 atom stereocenters. The van der Waals surface area contributed by atoms with Crippen LogP contribution in [0, 0.1) is 0 Å². The fourth-order valence-corrected chi connectivity index (χ4v) is 2.48. The smallest absolute Gasteiger partial charge is 0.133 e. The molecule has 76 valence electrons. The van der Waals surface area contributed by atoms with Crippen LogP contribution in [0.5, 0.6) is 11.5 Å². The fourth-order valence-electron chi connectivity index (χ4n) is 2.04. The van der Waals surface area contributed by atoms with Gasteiger partial charge in [-0.15, -0.1) is 0 Å². The number of phenols is 1. The SMILES string of the molecule is COc1cc(Br)c(O)c2c1CCCC2. The second-order valence-corrected chi connectivity index (χ2v) is 4.43. The third kappa shape index (κ3) is 1.50. The Labute approximate surface area is 92.0 Å². The summed E-state index contributed by atoms with van der Waals surface area (Å²) in [5.41, 5.74) is 2.24. The van der Waals surface area contributed by atoms with Crippen LogP contribution in [0.3, 0.4) is 0 Å². The monoisotopic (exact) mass is 256 g/mol. The quantitative estimate of drug-likeness (QED) is 0.837. The van der Waals surface area contributed by atoms with Crippen LogP contribution in [0.15, 0.2) is 10.5 Å². The summed E-state index contributed by atoms with van der Waals surface area (Å²) in [6, 6.07) is 1.85. The molecule has 1 aliphatic rings. The highest BCUT2D eigenvalue weighted by Gasteiger charge is 2.19. The average Bonchev–Trinajstić information content (AvgIpc) is 2.23. The lowest BCUT2D eigenvalue weighted by Gasteiger charge is -2.20. The number of rotatable bonds is 1. The number of ether oxygens (including phenoxy) is 1. The van der Waals surface area contributed by atoms with E-state index in [1.165, 1.54) is 12.0 Å². The van der Waals surface area contributed by atoms with Gasteiger partial charge in [0.15, 0.2) is 0 Å². The Hall–Kier alpha value is -0.700. The molecule has 0 saturated carbocycles. The van der Waals surface area contributed by atoms with Gasteiger partial charge in [-0.3, -0.25) is 0 Å². The Morgan fingerprint density at radius 3 is 2.57 bits per heavy atom. The molecule has 0 aromatic heterocycles. The van der Waals surface area contributed by atoms with E-state index in [1.54, 1.807) is 7.11 Å². The highest BCUT2D eigenvalue weighted by molar-refractivity contribution is 9.10. The molecule has 0 amide bonds. The van der Waals surface area contributed by atoms with Crippen LogP contribution < -0.4 is 4.74 Å². The third-order valence-corrected chi connectivity index (χ3v) is 3.36. The Kier molecular flexibility index (Phi) is 2.68. The van der Waals surface area contributed by atoms with Crippen molar-refractivity contribution in [2.45, 2.75) is 25.7 Å². The maximum absolute atomic E-state index is 9.86. The lowest BCUT2D eigenvalue weighted by atomic mass is 9.90. The third-order valence-electron chi connectivity index (χ3n) is 2.76. The number of aromatic hydroxyl groups is 1. The molecule has 2 nitrogen and oxygen atoms in total. The van der Waals surface area contributed by atoms with Crippen LogP contribution in [0.25, 0.3) is 0 Å². The zero-order chi connectivity index (χ0) is 10.1. The van der Waals surface area contributed by atoms with Crippen LogP contribution in [0.4, 0.5) is 0 Å². The molecular weight excluding hydrogens is 244 g/mol. The summed E-state index contributed by atoms with van der Waals surface area (Å²) in [6.07, 6.45) is 4.31. The van der Waals surface area contributed by atoms with Crippen molar-refractivity contribution in [1.29, 1.82) is 0 Å². The van der Waals surface area contributed by atoms with Crippen LogP contribution in [-0.4, -0.2) is 12.2 Å². The maximum Gasteiger partial charge on any atom is 0.133 e. The molecule has 0 unspecified atom stereocenters. The number of hydrogen-bond acceptors (Lipinski definition) is 2. The molecule has 1 aromatic carbocycles. The number of phenolic OH excluding ortho intramolecular Hbond substituents is 1. The Bertz CT molecular complexity index is 361. The first-order valence-electron chi connectivity index (χ1n) is 4.81. The summed E-state index contributed by atoms with van der Waals surface area (Å²) < 4.78 is 6.04. The number of methoxy groups -OCH3 is 1. The molecular formula is C11H13BrO2. The van der Waals surface area contributed by atoms with Gasteiger partial charge in [-0.1, -0.05) is 0 Å². The van der Waals surface area contributed by atoms with E-state index in [1.807, 2.05) is 6.07 Å². The van der Waals surface area contributed by atoms with Gasteiger partial charge in [0.05, 0.1) is 11.6 Å². The number of hydrogen-bond donors (Lipinski definition) is 1. The Morgan fingerprint density at radius 1 is 1.29 bits per heavy atom. The average molecular weight is 257 g/mol. The van der Waals surface area contributed by atoms with Crippen LogP contribution in [-0.2, 0) is 12.8 Å². The zero-order valence-electron chi connectivity index (χ0n) is 8.14. The van der Waals surface area contributed by atoms with E-state index in [-0.39, 0.29) is 0 Å². The van der Waals surface area contributed by atoms with Gasteiger partial charge in [0.1, 0.15) is 11.5 Å². The van der Waals surface area contributed by atoms with Crippen molar-refractivity contribution in [3.8, 4) is 11.5 Å². The predicted octanol–water partition coefficient (Wildman–Crippen LogP) is 3.04. The van der Waals surface area contributed by atoms with Gasteiger partial charge in [-0.05, 0) is 47.7 Å². The fraction of sp³-hybridized carbons (Fsp3) is 0.455. The predicted molar refractivity (Wildman–Crippen MR) is 59.0 cm³/mol. The van der Waals surface area contributed by atoms with Crippen LogP contribution >= 0.6 is 15.9 Å². The summed E-state index contributed by atoms with van der Waals surface area (Å²) in [4.78, 5) is 0. The van der Waals surface area contributed by atoms with E-state index in [2.05, 4.69) is 15.9 Å². The summed E-state index contributed by atoms with van der Waals surface area (Å²) >= 11 is 3.34. The highest BCUT2D eigenvalue weighted by atomic mass is 79.9. The molecule has 0 radical (unpaired) electrons. The highest BCUT2D eigenvalue weighted by Crippen LogP contribution is 2.40. The van der Waals surface area contributed by atoms with Gasteiger partial charge in [0.2, 0.25) is 0 Å². The first-order chi connectivity index (χ1) is 6.74. The summed E-state index contributed by atoms with van der Waals surface area (Å²) in [6.45, 7) is 0. The maximum atomic E-state index is 9.86. The summed E-state index contributed by atoms with van der Waals surface area (Å²) in [7, 11) is 1.67. The van der Waals surface area contributed by atoms with E-state index in [4.69, 9.17) is 4.74 Å². The molecule has 1 aliphatic carbocycles. The topological polar surface area (TPSA) is 29.5 Å². The normalized spacial score (nSPS) is 15.0. The second kappa shape index (κ2) is 3.81. The minimum Gasteiger partial charge on any atom is -0.506 e. The number of benzene rings is 1. The molecule has 0 fully saturated rings. The molecule has 2 rings (SSSR count). The van der Waals surface area contributed by atoms with Gasteiger partial charge in [-0.25, -0.2) is 0 Å². The van der Waals surface area contributed by atoms with Crippen molar-refractivity contribution in [2.24, 2.45) is 0 Å². The molecule has 0 saturated heterocycles. The minimum atomic E-state index is 0.389. The lowest BCUT2D eigenvalue weighted by molar-refractivity contribution is 0.399. The van der Waals surface area contributed by atoms with Gasteiger partial charge in [0, 0.05) is 11.1 Å². The second-order valence-electron chi connectivity index (χ2n) is 3.57. The van der Waals surface area contributed by atoms with Gasteiger partial charge >= 0.3 is 0 Å². The lowest BCUT2D eigenvalue weighted by Crippen LogP contribution is -2.05. The standard InChI is InChI=1S/C11H13BrO2/c1-14-10-6-9(12)11(13)8-5-3-2-4-7(8)10/h6,13H,2-5H2,1H3. The van der Waals surface area contributed by atoms with Crippen molar-refractivity contribution >= 4 is 15.9 Å². The van der Waals surface area contributed by atoms with Gasteiger partial charge < -0.3 is 9.84 Å². The van der Waals surface area contributed by atoms with Crippen LogP contribution in [0.1, 0.15) is 24.0 Å². The summed E-state index contributed by atoms with van der Waals surface area (Å²) in [5.74, 6) is 1.28. The van der Waals surface area contributed by atoms with Crippen molar-refractivity contribution < 1.29 is 9.84 Å². The molecule has 0 heterocycles. The minimum absolute atomic E-state index is 0.389. The van der Waals surface area contributed by atoms with Crippen molar-refractivity contribution in [2.75, 3.05) is 7.11 Å². The molecule has 0 spiro atoms. The Balaban J connectivity index is 2.60. The number of fused-ring (bicyclic) bond motifs is 1. The first-order valence-corrected chi connectivity index (χ1v) is 5.60. The van der Waals surface area contributed by atoms with Crippen molar-refractivity contribution in [3.63, 3.8) is 0 Å². The molecule has 0 aliphatic heterocycles. The molecule has 0 bridgehead atoms. The number of halogens is 1. The zero-order valence-corrected chi connectivity index (χ0v) is 9.73. The molecule has 14 heavy (non-hydrogen) atoms. The van der Waals surface area contributed by atoms with E-state index >= 15 is 0 Å². The molecule has 3 heteroatoms. The summed E-state index contributed by atoms with van der Waals surface area (Å²) in [5, 5.41) is 9.86. The van der Waals surface area contributed by atoms with Crippen molar-refractivity contribution in [3.05, 3.63) is 21.7 Å². The van der Waals surface area contributed by atoms with Gasteiger partial charge in [-0.2, -0.15) is 0 Å². The van der Waals surface area contributed by atoms with E-state index < -0.39 is 0 Å². The van der Waals surface area contributed by atoms with E-state index in [9.17, 15) is 5.11 Å². The largest absolute Gasteiger partial charge is 0.506 e. The first kappa shape index (κ1) is 9.84. The van der Waals surface area contributed by atoms with Crippen LogP contribution in [0.2, 0.25) is 0 Å². The van der Waals surface area contributed by atoms with Gasteiger partial charge in [0.25, 0.3) is 0 Å².